The van der Waals surface area contributed by atoms with Crippen LogP contribution in [0, 0.1) is 11.8 Å². The van der Waals surface area contributed by atoms with Crippen LogP contribution < -0.4 is 9.04 Å². The molecule has 0 spiro atoms. The second-order valence-electron chi connectivity index (χ2n) is 6.94. The quantitative estimate of drug-likeness (QED) is 0.834. The topological polar surface area (TPSA) is 46.6 Å². The van der Waals surface area contributed by atoms with Gasteiger partial charge < -0.3 is 4.74 Å². The first-order valence-corrected chi connectivity index (χ1v) is 9.76. The van der Waals surface area contributed by atoms with Crippen molar-refractivity contribution in [3.63, 3.8) is 0 Å². The molecule has 1 aliphatic heterocycles. The van der Waals surface area contributed by atoms with Crippen molar-refractivity contribution in [1.82, 2.24) is 0 Å². The summed E-state index contributed by atoms with van der Waals surface area (Å²) in [6.45, 7) is 7.77. The van der Waals surface area contributed by atoms with E-state index in [-0.39, 0.29) is 5.75 Å². The Morgan fingerprint density at radius 2 is 2.05 bits per heavy atom. The first kappa shape index (κ1) is 15.7. The molecule has 2 aliphatic rings. The third-order valence-corrected chi connectivity index (χ3v) is 6.58. The van der Waals surface area contributed by atoms with Gasteiger partial charge in [0.05, 0.1) is 18.0 Å². The molecule has 0 aromatic heterocycles. The highest BCUT2D eigenvalue weighted by Crippen LogP contribution is 2.38. The van der Waals surface area contributed by atoms with Crippen LogP contribution in [0.5, 0.6) is 5.75 Å². The van der Waals surface area contributed by atoms with Crippen LogP contribution in [-0.4, -0.2) is 27.3 Å². The number of hydrogen-bond donors (Lipinski definition) is 0. The van der Waals surface area contributed by atoms with Crippen molar-refractivity contribution in [1.29, 1.82) is 0 Å². The van der Waals surface area contributed by atoms with Crippen molar-refractivity contribution in [2.24, 2.45) is 11.8 Å². The van der Waals surface area contributed by atoms with Gasteiger partial charge in [0.1, 0.15) is 5.75 Å². The Bertz CT molecular complexity index is 654. The van der Waals surface area contributed by atoms with E-state index < -0.39 is 10.0 Å². The highest BCUT2D eigenvalue weighted by Gasteiger charge is 2.33. The molecule has 0 N–H and O–H groups in total. The molecule has 2 unspecified atom stereocenters. The molecule has 122 valence electrons. The molecule has 5 heteroatoms. The maximum absolute atomic E-state index is 12.2. The average molecular weight is 323 g/mol. The standard InChI is InChI=1S/C17H25NO3S/c1-12(2)14-8-16(18-5-4-6-22(18,19)20)10-17(9-14)21-11-15-7-13(15)3/h8-10,12-13,15H,4-7,11H2,1-3H3. The number of sulfonamides is 1. The fourth-order valence-electron chi connectivity index (χ4n) is 2.93. The third kappa shape index (κ3) is 3.24. The fourth-order valence-corrected chi connectivity index (χ4v) is 4.48. The van der Waals surface area contributed by atoms with Gasteiger partial charge in [-0.15, -0.1) is 0 Å². The van der Waals surface area contributed by atoms with Crippen LogP contribution in [0.4, 0.5) is 5.69 Å². The van der Waals surface area contributed by atoms with Gasteiger partial charge in [0, 0.05) is 12.6 Å². The van der Waals surface area contributed by atoms with Crippen LogP contribution in [0.3, 0.4) is 0 Å². The van der Waals surface area contributed by atoms with Crippen LogP contribution in [0.2, 0.25) is 0 Å². The van der Waals surface area contributed by atoms with Crippen LogP contribution in [0.1, 0.15) is 45.1 Å². The van der Waals surface area contributed by atoms with Crippen LogP contribution in [0.25, 0.3) is 0 Å². The fraction of sp³-hybridized carbons (Fsp3) is 0.647. The summed E-state index contributed by atoms with van der Waals surface area (Å²) in [7, 11) is -3.15. The van der Waals surface area contributed by atoms with Crippen molar-refractivity contribution in [2.75, 3.05) is 23.2 Å². The SMILES string of the molecule is CC(C)c1cc(OCC2CC2C)cc(N2CCCS2(=O)=O)c1. The maximum atomic E-state index is 12.2. The van der Waals surface area contributed by atoms with E-state index in [9.17, 15) is 8.42 Å². The molecule has 22 heavy (non-hydrogen) atoms. The number of anilines is 1. The van der Waals surface area contributed by atoms with Gasteiger partial charge in [0.2, 0.25) is 10.0 Å². The van der Waals surface area contributed by atoms with Crippen LogP contribution >= 0.6 is 0 Å². The zero-order chi connectivity index (χ0) is 15.9. The van der Waals surface area contributed by atoms with Crippen molar-refractivity contribution in [2.45, 2.75) is 39.5 Å². The molecule has 1 aromatic carbocycles. The first-order chi connectivity index (χ1) is 10.4. The number of hydrogen-bond acceptors (Lipinski definition) is 3. The number of ether oxygens (including phenoxy) is 1. The maximum Gasteiger partial charge on any atom is 0.235 e. The molecule has 1 saturated heterocycles. The first-order valence-electron chi connectivity index (χ1n) is 8.15. The second-order valence-corrected chi connectivity index (χ2v) is 8.95. The summed E-state index contributed by atoms with van der Waals surface area (Å²) in [5, 5.41) is 0. The molecule has 0 radical (unpaired) electrons. The molecule has 1 aromatic rings. The lowest BCUT2D eigenvalue weighted by Gasteiger charge is -2.20. The Labute approximate surface area is 133 Å². The van der Waals surface area contributed by atoms with Gasteiger partial charge in [-0.1, -0.05) is 20.8 Å². The van der Waals surface area contributed by atoms with Gasteiger partial charge in [-0.3, -0.25) is 4.31 Å². The predicted molar refractivity (Wildman–Crippen MR) is 89.0 cm³/mol. The highest BCUT2D eigenvalue weighted by molar-refractivity contribution is 7.93. The van der Waals surface area contributed by atoms with E-state index in [2.05, 4.69) is 20.8 Å². The molecule has 1 heterocycles. The van der Waals surface area contributed by atoms with E-state index in [1.807, 2.05) is 18.2 Å². The summed E-state index contributed by atoms with van der Waals surface area (Å²) in [6.07, 6.45) is 1.93. The van der Waals surface area contributed by atoms with E-state index >= 15 is 0 Å². The smallest absolute Gasteiger partial charge is 0.235 e. The summed E-state index contributed by atoms with van der Waals surface area (Å²) in [4.78, 5) is 0. The normalized spacial score (nSPS) is 26.5. The Balaban J connectivity index is 1.86. The van der Waals surface area contributed by atoms with Crippen molar-refractivity contribution >= 4 is 15.7 Å². The summed E-state index contributed by atoms with van der Waals surface area (Å²) < 4.78 is 31.8. The highest BCUT2D eigenvalue weighted by atomic mass is 32.2. The van der Waals surface area contributed by atoms with Crippen LogP contribution in [0.15, 0.2) is 18.2 Å². The van der Waals surface area contributed by atoms with Gasteiger partial charge >= 0.3 is 0 Å². The zero-order valence-corrected chi connectivity index (χ0v) is 14.4. The minimum absolute atomic E-state index is 0.245. The van der Waals surface area contributed by atoms with Gasteiger partial charge in [-0.05, 0) is 48.3 Å². The van der Waals surface area contributed by atoms with E-state index in [4.69, 9.17) is 4.74 Å². The van der Waals surface area contributed by atoms with Gasteiger partial charge in [-0.25, -0.2) is 8.42 Å². The Morgan fingerprint density at radius 1 is 1.32 bits per heavy atom. The molecule has 0 amide bonds. The number of benzene rings is 1. The van der Waals surface area contributed by atoms with Gasteiger partial charge in [-0.2, -0.15) is 0 Å². The van der Waals surface area contributed by atoms with Crippen molar-refractivity contribution < 1.29 is 13.2 Å². The molecular weight excluding hydrogens is 298 g/mol. The molecule has 2 atom stereocenters. The predicted octanol–water partition coefficient (Wildman–Crippen LogP) is 3.38. The molecule has 1 aliphatic carbocycles. The zero-order valence-electron chi connectivity index (χ0n) is 13.6. The van der Waals surface area contributed by atoms with Gasteiger partial charge in [0.15, 0.2) is 0 Å². The Hall–Kier alpha value is -1.23. The summed E-state index contributed by atoms with van der Waals surface area (Å²) in [6, 6.07) is 5.91. The third-order valence-electron chi connectivity index (χ3n) is 4.71. The number of nitrogens with zero attached hydrogens (tertiary/aromatic N) is 1. The van der Waals surface area contributed by atoms with E-state index in [0.717, 1.165) is 29.5 Å². The lowest BCUT2D eigenvalue weighted by atomic mass is 10.0. The molecule has 3 rings (SSSR count). The van der Waals surface area contributed by atoms with Crippen molar-refractivity contribution in [3.05, 3.63) is 23.8 Å². The number of rotatable bonds is 5. The molecule has 2 fully saturated rings. The van der Waals surface area contributed by atoms with Gasteiger partial charge in [0.25, 0.3) is 0 Å². The minimum Gasteiger partial charge on any atom is -0.493 e. The molecule has 0 bridgehead atoms. The Morgan fingerprint density at radius 3 is 2.59 bits per heavy atom. The average Bonchev–Trinajstić information content (AvgIpc) is 3.04. The van der Waals surface area contributed by atoms with E-state index in [1.165, 1.54) is 10.7 Å². The summed E-state index contributed by atoms with van der Waals surface area (Å²) >= 11 is 0. The lowest BCUT2D eigenvalue weighted by molar-refractivity contribution is 0.293. The molecular formula is C17H25NO3S. The summed E-state index contributed by atoms with van der Waals surface area (Å²) in [5.74, 6) is 2.79. The van der Waals surface area contributed by atoms with E-state index in [1.54, 1.807) is 0 Å². The van der Waals surface area contributed by atoms with Crippen molar-refractivity contribution in [3.8, 4) is 5.75 Å². The largest absolute Gasteiger partial charge is 0.493 e. The monoisotopic (exact) mass is 323 g/mol. The van der Waals surface area contributed by atoms with Crippen LogP contribution in [-0.2, 0) is 10.0 Å². The summed E-state index contributed by atoms with van der Waals surface area (Å²) in [5.41, 5.74) is 1.88. The molecule has 1 saturated carbocycles. The Kier molecular flexibility index (Phi) is 4.10. The van der Waals surface area contributed by atoms with E-state index in [0.29, 0.717) is 24.8 Å². The molecule has 4 nitrogen and oxygen atoms in total. The second kappa shape index (κ2) is 5.76. The lowest BCUT2D eigenvalue weighted by Crippen LogP contribution is -2.25. The minimum atomic E-state index is -3.15.